The molecule has 3 heterocycles. The molecule has 0 saturated carbocycles. The normalized spacial score (nSPS) is 13.9. The van der Waals surface area contributed by atoms with Crippen molar-refractivity contribution in [3.63, 3.8) is 0 Å². The van der Waals surface area contributed by atoms with E-state index < -0.39 is 0 Å². The van der Waals surface area contributed by atoms with E-state index in [0.717, 1.165) is 61.3 Å². The number of furan rings is 1. The minimum Gasteiger partial charge on any atom is -0.460 e. The van der Waals surface area contributed by atoms with Gasteiger partial charge in [0.2, 0.25) is 0 Å². The van der Waals surface area contributed by atoms with Crippen LogP contribution in [0, 0.1) is 5.82 Å². The zero-order valence-corrected chi connectivity index (χ0v) is 19.8. The van der Waals surface area contributed by atoms with Crippen LogP contribution in [0.3, 0.4) is 0 Å². The third kappa shape index (κ3) is 5.61. The van der Waals surface area contributed by atoms with Crippen molar-refractivity contribution in [2.24, 2.45) is 0 Å². The Balaban J connectivity index is 1.15. The van der Waals surface area contributed by atoms with Crippen molar-refractivity contribution in [3.05, 3.63) is 94.5 Å². The molecular formula is C26H25ClFN5O2. The lowest BCUT2D eigenvalue weighted by Crippen LogP contribution is -2.28. The molecule has 7 nitrogen and oxygen atoms in total. The number of nitrogens with zero attached hydrogens (tertiary/aromatic N) is 4. The maximum Gasteiger partial charge on any atom is 0.251 e. The Labute approximate surface area is 207 Å². The van der Waals surface area contributed by atoms with Gasteiger partial charge in [0.1, 0.15) is 29.0 Å². The first-order chi connectivity index (χ1) is 17.0. The molecule has 180 valence electrons. The molecule has 5 rings (SSSR count). The second-order valence-corrected chi connectivity index (χ2v) is 8.93. The van der Waals surface area contributed by atoms with Gasteiger partial charge >= 0.3 is 0 Å². The van der Waals surface area contributed by atoms with Gasteiger partial charge in [-0.2, -0.15) is 0 Å². The molecule has 0 aliphatic carbocycles. The van der Waals surface area contributed by atoms with E-state index in [0.29, 0.717) is 23.6 Å². The number of carbonyl (C=O) groups is 1. The molecule has 4 aromatic rings. The maximum absolute atomic E-state index is 13.1. The number of amides is 1. The van der Waals surface area contributed by atoms with Gasteiger partial charge in [-0.1, -0.05) is 11.6 Å². The first-order valence-electron chi connectivity index (χ1n) is 11.6. The Hall–Kier alpha value is -3.49. The van der Waals surface area contributed by atoms with Gasteiger partial charge in [0.15, 0.2) is 0 Å². The standard InChI is InChI=1S/C26H25ClFN5O2/c27-20-5-1-18(2-6-20)23-10-9-22(35-23)17-32-14-12-25-31-30-24(33(25)16-15-32)11-13-29-26(34)19-3-7-21(28)8-4-19/h1-10H,11-17H2,(H,29,34). The van der Waals surface area contributed by atoms with Crippen molar-refractivity contribution in [2.45, 2.75) is 25.9 Å². The highest BCUT2D eigenvalue weighted by Crippen LogP contribution is 2.25. The number of aromatic nitrogens is 3. The summed E-state index contributed by atoms with van der Waals surface area (Å²) in [5.41, 5.74) is 1.43. The molecule has 9 heteroatoms. The largest absolute Gasteiger partial charge is 0.460 e. The molecule has 35 heavy (non-hydrogen) atoms. The Morgan fingerprint density at radius 2 is 1.80 bits per heavy atom. The van der Waals surface area contributed by atoms with E-state index >= 15 is 0 Å². The van der Waals surface area contributed by atoms with Crippen LogP contribution in [0.1, 0.15) is 27.8 Å². The van der Waals surface area contributed by atoms with Gasteiger partial charge in [0, 0.05) is 55.2 Å². The lowest BCUT2D eigenvalue weighted by Gasteiger charge is -2.18. The van der Waals surface area contributed by atoms with E-state index in [4.69, 9.17) is 16.0 Å². The van der Waals surface area contributed by atoms with Crippen molar-refractivity contribution in [1.29, 1.82) is 0 Å². The molecule has 1 aliphatic rings. The van der Waals surface area contributed by atoms with E-state index in [1.54, 1.807) is 0 Å². The molecular weight excluding hydrogens is 469 g/mol. The molecule has 0 fully saturated rings. The molecule has 0 unspecified atom stereocenters. The molecule has 2 aromatic carbocycles. The molecule has 1 amide bonds. The SMILES string of the molecule is O=C(NCCc1nnc2n1CCN(Cc1ccc(-c3ccc(Cl)cc3)o1)CC2)c1ccc(F)cc1. The molecule has 1 N–H and O–H groups in total. The fourth-order valence-electron chi connectivity index (χ4n) is 4.21. The van der Waals surface area contributed by atoms with Crippen LogP contribution in [0.25, 0.3) is 11.3 Å². The maximum atomic E-state index is 13.1. The van der Waals surface area contributed by atoms with Crippen molar-refractivity contribution in [2.75, 3.05) is 19.6 Å². The van der Waals surface area contributed by atoms with Crippen molar-refractivity contribution >= 4 is 17.5 Å². The average Bonchev–Trinajstić information content (AvgIpc) is 3.43. The van der Waals surface area contributed by atoms with Crippen molar-refractivity contribution < 1.29 is 13.6 Å². The summed E-state index contributed by atoms with van der Waals surface area (Å²) in [6.45, 7) is 3.62. The average molecular weight is 494 g/mol. The van der Waals surface area contributed by atoms with Crippen LogP contribution in [0.4, 0.5) is 4.39 Å². The van der Waals surface area contributed by atoms with Crippen LogP contribution >= 0.6 is 11.6 Å². The minimum absolute atomic E-state index is 0.233. The van der Waals surface area contributed by atoms with E-state index in [9.17, 15) is 9.18 Å². The van der Waals surface area contributed by atoms with Crippen LogP contribution in [0.15, 0.2) is 65.1 Å². The number of rotatable bonds is 7. The zero-order valence-electron chi connectivity index (χ0n) is 19.1. The summed E-state index contributed by atoms with van der Waals surface area (Å²) in [5, 5.41) is 12.3. The molecule has 2 aromatic heterocycles. The van der Waals surface area contributed by atoms with Crippen LogP contribution in [0.2, 0.25) is 5.02 Å². The van der Waals surface area contributed by atoms with E-state index in [1.807, 2.05) is 36.4 Å². The number of benzene rings is 2. The molecule has 1 aliphatic heterocycles. The third-order valence-corrected chi connectivity index (χ3v) is 6.36. The van der Waals surface area contributed by atoms with Gasteiger partial charge in [-0.05, 0) is 60.7 Å². The highest BCUT2D eigenvalue weighted by Gasteiger charge is 2.20. The van der Waals surface area contributed by atoms with Crippen LogP contribution in [-0.4, -0.2) is 45.2 Å². The molecule has 0 bridgehead atoms. The predicted octanol–water partition coefficient (Wildman–Crippen LogP) is 4.36. The van der Waals surface area contributed by atoms with Gasteiger partial charge in [-0.15, -0.1) is 10.2 Å². The van der Waals surface area contributed by atoms with Gasteiger partial charge in [0.25, 0.3) is 5.91 Å². The van der Waals surface area contributed by atoms with Gasteiger partial charge in [-0.25, -0.2) is 4.39 Å². The first kappa shape index (κ1) is 23.3. The summed E-state index contributed by atoms with van der Waals surface area (Å²) >= 11 is 5.98. The van der Waals surface area contributed by atoms with Crippen LogP contribution in [-0.2, 0) is 25.9 Å². The highest BCUT2D eigenvalue weighted by molar-refractivity contribution is 6.30. The first-order valence-corrected chi connectivity index (χ1v) is 11.9. The number of carbonyl (C=O) groups excluding carboxylic acids is 1. The predicted molar refractivity (Wildman–Crippen MR) is 131 cm³/mol. The van der Waals surface area contributed by atoms with Crippen LogP contribution in [0.5, 0.6) is 0 Å². The fraction of sp³-hybridized carbons (Fsp3) is 0.269. The summed E-state index contributed by atoms with van der Waals surface area (Å²) in [6.07, 6.45) is 1.36. The zero-order chi connectivity index (χ0) is 24.2. The summed E-state index contributed by atoms with van der Waals surface area (Å²) < 4.78 is 21.3. The number of fused-ring (bicyclic) bond motifs is 1. The van der Waals surface area contributed by atoms with Gasteiger partial charge < -0.3 is 14.3 Å². The Morgan fingerprint density at radius 1 is 1.00 bits per heavy atom. The topological polar surface area (TPSA) is 76.2 Å². The number of hydrogen-bond donors (Lipinski definition) is 1. The molecule has 0 spiro atoms. The van der Waals surface area contributed by atoms with Crippen molar-refractivity contribution in [1.82, 2.24) is 25.0 Å². The Bertz CT molecular complexity index is 1300. The third-order valence-electron chi connectivity index (χ3n) is 6.11. The second-order valence-electron chi connectivity index (χ2n) is 8.50. The number of hydrogen-bond acceptors (Lipinski definition) is 5. The summed E-state index contributed by atoms with van der Waals surface area (Å²) in [7, 11) is 0. The molecule has 0 atom stereocenters. The monoisotopic (exact) mass is 493 g/mol. The van der Waals surface area contributed by atoms with Gasteiger partial charge in [0.05, 0.1) is 6.54 Å². The summed E-state index contributed by atoms with van der Waals surface area (Å²) in [6, 6.07) is 17.1. The number of halogens is 2. The summed E-state index contributed by atoms with van der Waals surface area (Å²) in [5.74, 6) is 2.95. The minimum atomic E-state index is -0.365. The van der Waals surface area contributed by atoms with E-state index in [1.165, 1.54) is 24.3 Å². The lowest BCUT2D eigenvalue weighted by atomic mass is 10.2. The summed E-state index contributed by atoms with van der Waals surface area (Å²) in [4.78, 5) is 14.6. The Kier molecular flexibility index (Phi) is 6.92. The van der Waals surface area contributed by atoms with Crippen LogP contribution < -0.4 is 5.32 Å². The van der Waals surface area contributed by atoms with E-state index in [2.05, 4.69) is 25.0 Å². The number of nitrogens with one attached hydrogen (secondary N) is 1. The highest BCUT2D eigenvalue weighted by atomic mass is 35.5. The van der Waals surface area contributed by atoms with Gasteiger partial charge in [-0.3, -0.25) is 9.69 Å². The molecule has 0 radical (unpaired) electrons. The van der Waals surface area contributed by atoms with Crippen molar-refractivity contribution in [3.8, 4) is 11.3 Å². The quantitative estimate of drug-likeness (QED) is 0.414. The van der Waals surface area contributed by atoms with E-state index in [-0.39, 0.29) is 11.7 Å². The smallest absolute Gasteiger partial charge is 0.251 e. The lowest BCUT2D eigenvalue weighted by molar-refractivity contribution is 0.0954. The fourth-order valence-corrected chi connectivity index (χ4v) is 4.34. The second kappa shape index (κ2) is 10.4. The molecule has 0 saturated heterocycles. The Morgan fingerprint density at radius 3 is 2.60 bits per heavy atom.